The first kappa shape index (κ1) is 52.7. The van der Waals surface area contributed by atoms with Crippen LogP contribution >= 0.6 is 0 Å². The number of hydrogen-bond acceptors (Lipinski definition) is 11. The first-order valence-corrected chi connectivity index (χ1v) is 24.2. The number of ether oxygens (including phenoxy) is 4. The zero-order chi connectivity index (χ0) is 41.3. The predicted molar refractivity (Wildman–Crippen MR) is 220 cm³/mol. The summed E-state index contributed by atoms with van der Waals surface area (Å²) in [6, 6.07) is 0. The van der Waals surface area contributed by atoms with Gasteiger partial charge in [-0.2, -0.15) is 8.42 Å². The van der Waals surface area contributed by atoms with Crippen molar-refractivity contribution in [2.75, 3.05) is 19.0 Å². The van der Waals surface area contributed by atoms with Crippen molar-refractivity contribution >= 4 is 22.1 Å². The zero-order valence-electron chi connectivity index (χ0n) is 35.3. The maximum atomic E-state index is 12.8. The molecule has 332 valence electrons. The van der Waals surface area contributed by atoms with Crippen LogP contribution < -0.4 is 0 Å². The van der Waals surface area contributed by atoms with Crippen LogP contribution in [0.5, 0.6) is 0 Å². The molecule has 1 aliphatic heterocycles. The SMILES string of the molecule is CCCCCCCCCCCCCCCCCCCCC(=O)OC(COC(=O)CCCCCCCCCCCC)COC1OC(CS(=O)(=O)O)C(O)C(O)C1O. The highest BCUT2D eigenvalue weighted by Crippen LogP contribution is 2.24. The fourth-order valence-corrected chi connectivity index (χ4v) is 7.84. The topological polar surface area (TPSA) is 186 Å². The predicted octanol–water partition coefficient (Wildman–Crippen LogP) is 8.90. The molecule has 0 aromatic carbocycles. The maximum absolute atomic E-state index is 12.8. The van der Waals surface area contributed by atoms with E-state index in [0.717, 1.165) is 38.5 Å². The van der Waals surface area contributed by atoms with Crippen LogP contribution in [-0.2, 0) is 38.7 Å². The Hall–Kier alpha value is -1.35. The van der Waals surface area contributed by atoms with Crippen molar-refractivity contribution in [2.45, 2.75) is 243 Å². The van der Waals surface area contributed by atoms with E-state index in [1.54, 1.807) is 0 Å². The summed E-state index contributed by atoms with van der Waals surface area (Å²) >= 11 is 0. The molecule has 0 radical (unpaired) electrons. The molecule has 6 unspecified atom stereocenters. The minimum absolute atomic E-state index is 0.172. The minimum atomic E-state index is -4.59. The lowest BCUT2D eigenvalue weighted by Gasteiger charge is -2.40. The van der Waals surface area contributed by atoms with E-state index >= 15 is 0 Å². The summed E-state index contributed by atoms with van der Waals surface area (Å²) in [6.07, 6.45) is 24.4. The molecule has 0 amide bonds. The van der Waals surface area contributed by atoms with E-state index in [2.05, 4.69) is 13.8 Å². The first-order valence-electron chi connectivity index (χ1n) is 22.6. The van der Waals surface area contributed by atoms with Crippen molar-refractivity contribution in [3.8, 4) is 0 Å². The van der Waals surface area contributed by atoms with Gasteiger partial charge >= 0.3 is 11.9 Å². The number of hydrogen-bond donors (Lipinski definition) is 4. The maximum Gasteiger partial charge on any atom is 0.306 e. The molecule has 4 N–H and O–H groups in total. The van der Waals surface area contributed by atoms with Gasteiger partial charge in [0, 0.05) is 12.8 Å². The van der Waals surface area contributed by atoms with Gasteiger partial charge in [0.05, 0.1) is 6.61 Å². The van der Waals surface area contributed by atoms with Crippen molar-refractivity contribution in [3.63, 3.8) is 0 Å². The fourth-order valence-electron chi connectivity index (χ4n) is 7.15. The Bertz CT molecular complexity index is 1060. The van der Waals surface area contributed by atoms with Gasteiger partial charge < -0.3 is 34.3 Å². The number of unbranched alkanes of at least 4 members (excludes halogenated alkanes) is 26. The Morgan fingerprint density at radius 2 is 0.911 bits per heavy atom. The normalized spacial score (nSPS) is 20.6. The van der Waals surface area contributed by atoms with Gasteiger partial charge in [0.25, 0.3) is 10.1 Å². The van der Waals surface area contributed by atoms with Crippen molar-refractivity contribution in [2.24, 2.45) is 0 Å². The quantitative estimate of drug-likeness (QED) is 0.0264. The van der Waals surface area contributed by atoms with Crippen LogP contribution in [0.4, 0.5) is 0 Å². The third-order valence-corrected chi connectivity index (χ3v) is 11.4. The second kappa shape index (κ2) is 34.5. The Kier molecular flexibility index (Phi) is 32.5. The Labute approximate surface area is 340 Å². The van der Waals surface area contributed by atoms with E-state index in [9.17, 15) is 37.9 Å². The molecule has 6 atom stereocenters. The molecule has 0 saturated carbocycles. The van der Waals surface area contributed by atoms with E-state index in [-0.39, 0.29) is 19.4 Å². The highest BCUT2D eigenvalue weighted by Gasteiger charge is 2.46. The molecule has 0 spiro atoms. The largest absolute Gasteiger partial charge is 0.462 e. The van der Waals surface area contributed by atoms with Gasteiger partial charge in [-0.05, 0) is 12.8 Å². The van der Waals surface area contributed by atoms with Gasteiger partial charge in [-0.1, -0.05) is 181 Å². The van der Waals surface area contributed by atoms with E-state index in [1.165, 1.54) is 128 Å². The van der Waals surface area contributed by atoms with E-state index in [1.807, 2.05) is 0 Å². The molecule has 0 aromatic rings. The number of carbonyl (C=O) groups is 2. The number of rotatable bonds is 38. The lowest BCUT2D eigenvalue weighted by Crippen LogP contribution is -2.60. The summed E-state index contributed by atoms with van der Waals surface area (Å²) in [4.78, 5) is 25.3. The zero-order valence-corrected chi connectivity index (χ0v) is 36.1. The van der Waals surface area contributed by atoms with Crippen LogP contribution in [0.2, 0.25) is 0 Å². The van der Waals surface area contributed by atoms with E-state index in [4.69, 9.17) is 18.9 Å². The van der Waals surface area contributed by atoms with Gasteiger partial charge in [-0.3, -0.25) is 14.1 Å². The Morgan fingerprint density at radius 3 is 1.30 bits per heavy atom. The molecule has 0 bridgehead atoms. The van der Waals surface area contributed by atoms with Crippen molar-refractivity contribution < 1.29 is 56.8 Å². The van der Waals surface area contributed by atoms with Crippen molar-refractivity contribution in [3.05, 3.63) is 0 Å². The second-order valence-electron chi connectivity index (χ2n) is 16.1. The molecule has 0 aromatic heterocycles. The Morgan fingerprint density at radius 1 is 0.536 bits per heavy atom. The van der Waals surface area contributed by atoms with Gasteiger partial charge in [0.2, 0.25) is 0 Å². The number of esters is 2. The smallest absolute Gasteiger partial charge is 0.306 e. The monoisotopic (exact) mass is 823 g/mol. The lowest BCUT2D eigenvalue weighted by atomic mass is 10.00. The van der Waals surface area contributed by atoms with E-state index < -0.39 is 71.2 Å². The first-order chi connectivity index (χ1) is 27.0. The van der Waals surface area contributed by atoms with Gasteiger partial charge in [-0.25, -0.2) is 0 Å². The van der Waals surface area contributed by atoms with Gasteiger partial charge in [0.1, 0.15) is 36.8 Å². The number of aliphatic hydroxyl groups is 3. The second-order valence-corrected chi connectivity index (χ2v) is 17.6. The lowest BCUT2D eigenvalue weighted by molar-refractivity contribution is -0.297. The average molecular weight is 823 g/mol. The molecule has 56 heavy (non-hydrogen) atoms. The van der Waals surface area contributed by atoms with Crippen LogP contribution in [0, 0.1) is 0 Å². The average Bonchev–Trinajstić information content (AvgIpc) is 3.16. The molecule has 13 heteroatoms. The summed E-state index contributed by atoms with van der Waals surface area (Å²) in [5, 5.41) is 30.8. The summed E-state index contributed by atoms with van der Waals surface area (Å²) in [7, 11) is -4.59. The summed E-state index contributed by atoms with van der Waals surface area (Å²) in [5.74, 6) is -1.97. The standard InChI is InChI=1S/C43H82O12S/c1-3-5-7-9-11-13-15-16-17-18-19-20-21-22-24-26-28-30-32-39(45)54-36(33-52-38(44)31-29-27-25-23-14-12-10-8-6-4-2)34-53-43-42(48)41(47)40(46)37(55-43)35-56(49,50)51/h36-37,40-43,46-48H,3-35H2,1-2H3,(H,49,50,51). The molecule has 1 aliphatic rings. The minimum Gasteiger partial charge on any atom is -0.462 e. The highest BCUT2D eigenvalue weighted by molar-refractivity contribution is 7.85. The molecular formula is C43H82O12S. The van der Waals surface area contributed by atoms with Crippen molar-refractivity contribution in [1.29, 1.82) is 0 Å². The summed E-state index contributed by atoms with van der Waals surface area (Å²) < 4.78 is 54.0. The molecule has 1 saturated heterocycles. The molecular weight excluding hydrogens is 741 g/mol. The van der Waals surface area contributed by atoms with Crippen LogP contribution in [-0.4, -0.2) is 96.0 Å². The molecule has 0 aliphatic carbocycles. The van der Waals surface area contributed by atoms with Gasteiger partial charge in [-0.15, -0.1) is 0 Å². The number of carbonyl (C=O) groups excluding carboxylic acids is 2. The number of aliphatic hydroxyl groups excluding tert-OH is 3. The molecule has 1 fully saturated rings. The van der Waals surface area contributed by atoms with Crippen LogP contribution in [0.15, 0.2) is 0 Å². The van der Waals surface area contributed by atoms with E-state index in [0.29, 0.717) is 12.8 Å². The third kappa shape index (κ3) is 29.0. The third-order valence-electron chi connectivity index (χ3n) is 10.7. The molecule has 12 nitrogen and oxygen atoms in total. The fraction of sp³-hybridized carbons (Fsp3) is 0.953. The highest BCUT2D eigenvalue weighted by atomic mass is 32.2. The molecule has 1 heterocycles. The van der Waals surface area contributed by atoms with Crippen LogP contribution in [0.3, 0.4) is 0 Å². The Balaban J connectivity index is 2.40. The molecule has 1 rings (SSSR count). The van der Waals surface area contributed by atoms with Crippen molar-refractivity contribution in [1.82, 2.24) is 0 Å². The van der Waals surface area contributed by atoms with Crippen LogP contribution in [0.1, 0.15) is 206 Å². The van der Waals surface area contributed by atoms with Crippen LogP contribution in [0.25, 0.3) is 0 Å². The summed E-state index contributed by atoms with van der Waals surface area (Å²) in [6.45, 7) is 3.76. The van der Waals surface area contributed by atoms with Gasteiger partial charge in [0.15, 0.2) is 12.4 Å². The summed E-state index contributed by atoms with van der Waals surface area (Å²) in [5.41, 5.74) is 0.